The van der Waals surface area contributed by atoms with Gasteiger partial charge in [0.15, 0.2) is 0 Å². The average molecular weight is 316 g/mol. The van der Waals surface area contributed by atoms with Crippen LogP contribution in [0.15, 0.2) is 24.3 Å². The fourth-order valence-corrected chi connectivity index (χ4v) is 3.61. The minimum absolute atomic E-state index is 0.0770. The van der Waals surface area contributed by atoms with Gasteiger partial charge in [0.05, 0.1) is 6.10 Å². The average Bonchev–Trinajstić information content (AvgIpc) is 3.26. The van der Waals surface area contributed by atoms with Crippen molar-refractivity contribution in [2.24, 2.45) is 0 Å². The molecule has 0 bridgehead atoms. The number of carbonyl (C=O) groups is 1. The van der Waals surface area contributed by atoms with Crippen LogP contribution in [0.4, 0.5) is 5.69 Å². The van der Waals surface area contributed by atoms with Gasteiger partial charge in [0.2, 0.25) is 5.91 Å². The molecule has 1 aliphatic carbocycles. The van der Waals surface area contributed by atoms with E-state index in [1.54, 1.807) is 4.90 Å². The Balaban J connectivity index is 1.56. The van der Waals surface area contributed by atoms with Gasteiger partial charge in [0.25, 0.3) is 0 Å². The number of likely N-dealkylation sites (N-methyl/N-ethyl adjacent to an activating group) is 1. The summed E-state index contributed by atoms with van der Waals surface area (Å²) in [6, 6.07) is 8.45. The van der Waals surface area contributed by atoms with Crippen LogP contribution in [0.2, 0.25) is 0 Å². The number of hydrogen-bond donors (Lipinski definition) is 0. The van der Waals surface area contributed by atoms with Crippen LogP contribution in [-0.2, 0) is 16.1 Å². The highest BCUT2D eigenvalue weighted by molar-refractivity contribution is 5.77. The summed E-state index contributed by atoms with van der Waals surface area (Å²) in [7, 11) is 1.88. The first kappa shape index (κ1) is 16.3. The minimum atomic E-state index is 0.0770. The van der Waals surface area contributed by atoms with E-state index in [1.807, 2.05) is 7.05 Å². The molecular weight excluding hydrogens is 288 g/mol. The topological polar surface area (TPSA) is 32.8 Å². The molecule has 0 aromatic heterocycles. The molecule has 1 saturated heterocycles. The largest absolute Gasteiger partial charge is 0.371 e. The molecule has 4 nitrogen and oxygen atoms in total. The number of ether oxygens (including phenoxy) is 1. The van der Waals surface area contributed by atoms with Crippen molar-refractivity contribution in [2.75, 3.05) is 31.6 Å². The first-order valence-corrected chi connectivity index (χ1v) is 8.92. The van der Waals surface area contributed by atoms with Crippen molar-refractivity contribution in [3.63, 3.8) is 0 Å². The van der Waals surface area contributed by atoms with Crippen LogP contribution in [0.5, 0.6) is 0 Å². The van der Waals surface area contributed by atoms with E-state index in [2.05, 4.69) is 29.2 Å². The summed E-state index contributed by atoms with van der Waals surface area (Å²) >= 11 is 0. The molecule has 2 aliphatic rings. The predicted molar refractivity (Wildman–Crippen MR) is 92.6 cm³/mol. The second-order valence-electron chi connectivity index (χ2n) is 6.79. The van der Waals surface area contributed by atoms with Crippen molar-refractivity contribution >= 4 is 11.6 Å². The number of hydrogen-bond acceptors (Lipinski definition) is 3. The summed E-state index contributed by atoms with van der Waals surface area (Å²) in [6.45, 7) is 3.12. The summed E-state index contributed by atoms with van der Waals surface area (Å²) in [5.41, 5.74) is 2.51. The molecule has 1 heterocycles. The molecule has 23 heavy (non-hydrogen) atoms. The van der Waals surface area contributed by atoms with E-state index >= 15 is 0 Å². The van der Waals surface area contributed by atoms with Crippen LogP contribution >= 0.6 is 0 Å². The second-order valence-corrected chi connectivity index (χ2v) is 6.79. The molecule has 0 unspecified atom stereocenters. The molecule has 1 aromatic carbocycles. The van der Waals surface area contributed by atoms with Gasteiger partial charge in [-0.25, -0.2) is 0 Å². The van der Waals surface area contributed by atoms with Crippen molar-refractivity contribution < 1.29 is 9.53 Å². The maximum Gasteiger partial charge on any atom is 0.248 e. The molecule has 1 aromatic rings. The standard InChI is InChI=1S/C19H28N2O2/c1-20(19(22)15-23-17-9-3-4-10-17)14-16-8-2-5-11-18(16)21-12-6-7-13-21/h2,5,8,11,17H,3-4,6-7,9-10,12-15H2,1H3. The first-order chi connectivity index (χ1) is 11.2. The third kappa shape index (κ3) is 4.25. The van der Waals surface area contributed by atoms with Gasteiger partial charge in [-0.05, 0) is 37.3 Å². The van der Waals surface area contributed by atoms with Gasteiger partial charge in [0, 0.05) is 32.4 Å². The van der Waals surface area contributed by atoms with E-state index in [1.165, 1.54) is 36.9 Å². The Morgan fingerprint density at radius 2 is 1.87 bits per heavy atom. The van der Waals surface area contributed by atoms with Crippen molar-refractivity contribution in [3.8, 4) is 0 Å². The lowest BCUT2D eigenvalue weighted by atomic mass is 10.1. The quantitative estimate of drug-likeness (QED) is 0.808. The third-order valence-electron chi connectivity index (χ3n) is 5.02. The van der Waals surface area contributed by atoms with Crippen molar-refractivity contribution in [1.29, 1.82) is 0 Å². The minimum Gasteiger partial charge on any atom is -0.371 e. The smallest absolute Gasteiger partial charge is 0.248 e. The van der Waals surface area contributed by atoms with Gasteiger partial charge in [0.1, 0.15) is 6.61 Å². The predicted octanol–water partition coefficient (Wildman–Crippen LogP) is 3.20. The Kier molecular flexibility index (Phi) is 5.55. The Morgan fingerprint density at radius 3 is 2.61 bits per heavy atom. The Labute approximate surface area is 139 Å². The van der Waals surface area contributed by atoms with Crippen LogP contribution in [0, 0.1) is 0 Å². The highest BCUT2D eigenvalue weighted by Gasteiger charge is 2.20. The van der Waals surface area contributed by atoms with E-state index in [9.17, 15) is 4.79 Å². The fraction of sp³-hybridized carbons (Fsp3) is 0.632. The van der Waals surface area contributed by atoms with Gasteiger partial charge >= 0.3 is 0 Å². The number of benzene rings is 1. The van der Waals surface area contributed by atoms with E-state index in [4.69, 9.17) is 4.74 Å². The molecular formula is C19H28N2O2. The van der Waals surface area contributed by atoms with Gasteiger partial charge in [-0.1, -0.05) is 31.0 Å². The summed E-state index contributed by atoms with van der Waals surface area (Å²) in [6.07, 6.45) is 7.50. The molecule has 1 saturated carbocycles. The summed E-state index contributed by atoms with van der Waals surface area (Å²) in [5, 5.41) is 0. The van der Waals surface area contributed by atoms with Crippen LogP contribution in [-0.4, -0.2) is 43.7 Å². The Morgan fingerprint density at radius 1 is 1.17 bits per heavy atom. The molecule has 0 N–H and O–H groups in total. The Bertz CT molecular complexity index is 520. The molecule has 1 amide bonds. The summed E-state index contributed by atoms with van der Waals surface area (Å²) in [5.74, 6) is 0.0770. The second kappa shape index (κ2) is 7.82. The number of nitrogens with zero attached hydrogens (tertiary/aromatic N) is 2. The molecule has 2 fully saturated rings. The molecule has 0 atom stereocenters. The van der Waals surface area contributed by atoms with E-state index in [0.717, 1.165) is 25.9 Å². The van der Waals surface area contributed by atoms with Gasteiger partial charge in [-0.2, -0.15) is 0 Å². The monoisotopic (exact) mass is 316 g/mol. The lowest BCUT2D eigenvalue weighted by Crippen LogP contribution is -2.32. The Hall–Kier alpha value is -1.55. The zero-order chi connectivity index (χ0) is 16.1. The van der Waals surface area contributed by atoms with E-state index < -0.39 is 0 Å². The molecule has 4 heteroatoms. The SMILES string of the molecule is CN(Cc1ccccc1N1CCCC1)C(=O)COC1CCCC1. The van der Waals surface area contributed by atoms with E-state index in [-0.39, 0.29) is 12.5 Å². The maximum absolute atomic E-state index is 12.3. The molecule has 0 spiro atoms. The highest BCUT2D eigenvalue weighted by Crippen LogP contribution is 2.25. The fourth-order valence-electron chi connectivity index (χ4n) is 3.61. The van der Waals surface area contributed by atoms with Gasteiger partial charge in [-0.15, -0.1) is 0 Å². The van der Waals surface area contributed by atoms with Crippen molar-refractivity contribution in [2.45, 2.75) is 51.2 Å². The van der Waals surface area contributed by atoms with E-state index in [0.29, 0.717) is 12.6 Å². The van der Waals surface area contributed by atoms with Crippen LogP contribution in [0.1, 0.15) is 44.1 Å². The zero-order valence-electron chi connectivity index (χ0n) is 14.2. The molecule has 3 rings (SSSR count). The van der Waals surface area contributed by atoms with Crippen LogP contribution < -0.4 is 4.90 Å². The number of amides is 1. The van der Waals surface area contributed by atoms with Gasteiger partial charge < -0.3 is 14.5 Å². The van der Waals surface area contributed by atoms with Crippen LogP contribution in [0.25, 0.3) is 0 Å². The number of carbonyl (C=O) groups excluding carboxylic acids is 1. The normalized spacial score (nSPS) is 18.6. The van der Waals surface area contributed by atoms with Crippen molar-refractivity contribution in [1.82, 2.24) is 4.90 Å². The third-order valence-corrected chi connectivity index (χ3v) is 5.02. The van der Waals surface area contributed by atoms with Gasteiger partial charge in [-0.3, -0.25) is 4.79 Å². The lowest BCUT2D eigenvalue weighted by Gasteiger charge is -2.25. The number of anilines is 1. The van der Waals surface area contributed by atoms with Crippen molar-refractivity contribution in [3.05, 3.63) is 29.8 Å². The first-order valence-electron chi connectivity index (χ1n) is 8.92. The lowest BCUT2D eigenvalue weighted by molar-refractivity contribution is -0.137. The molecule has 1 aliphatic heterocycles. The number of para-hydroxylation sites is 1. The molecule has 126 valence electrons. The highest BCUT2D eigenvalue weighted by atomic mass is 16.5. The zero-order valence-corrected chi connectivity index (χ0v) is 14.2. The summed E-state index contributed by atoms with van der Waals surface area (Å²) < 4.78 is 5.75. The summed E-state index contributed by atoms with van der Waals surface area (Å²) in [4.78, 5) is 16.6. The van der Waals surface area contributed by atoms with Crippen LogP contribution in [0.3, 0.4) is 0 Å². The molecule has 0 radical (unpaired) electrons. The maximum atomic E-state index is 12.3. The number of rotatable bonds is 6.